The Hall–Kier alpha value is -3.08. The fourth-order valence-electron chi connectivity index (χ4n) is 3.27. The van der Waals surface area contributed by atoms with Crippen LogP contribution >= 0.6 is 0 Å². The second-order valence-electron chi connectivity index (χ2n) is 8.60. The Bertz CT molecular complexity index is 989. The summed E-state index contributed by atoms with van der Waals surface area (Å²) in [7, 11) is 0. The summed E-state index contributed by atoms with van der Waals surface area (Å²) in [4.78, 5) is 28.4. The van der Waals surface area contributed by atoms with Crippen molar-refractivity contribution in [2.24, 2.45) is 0 Å². The molecule has 11 heteroatoms. The number of esters is 1. The van der Waals surface area contributed by atoms with Crippen molar-refractivity contribution in [3.8, 4) is 0 Å². The van der Waals surface area contributed by atoms with Crippen LogP contribution in [-0.4, -0.2) is 63.4 Å². The molecule has 1 amide bonds. The molecule has 0 saturated carbocycles. The summed E-state index contributed by atoms with van der Waals surface area (Å²) in [6.45, 7) is 7.46. The number of carbonyl (C=O) groups is 2. The monoisotopic (exact) mass is 453 g/mol. The fourth-order valence-corrected chi connectivity index (χ4v) is 3.27. The summed E-state index contributed by atoms with van der Waals surface area (Å²) in [5.74, 6) is -0.608. The number of anilines is 1. The van der Waals surface area contributed by atoms with E-state index in [4.69, 9.17) is 10.5 Å². The quantitative estimate of drug-likeness (QED) is 0.567. The fraction of sp³-hybridized carbons (Fsp3) is 0.476. The van der Waals surface area contributed by atoms with Crippen molar-refractivity contribution < 1.29 is 27.5 Å². The third kappa shape index (κ3) is 5.78. The molecule has 3 rings (SSSR count). The number of hydrogen-bond acceptors (Lipinski definition) is 6. The largest absolute Gasteiger partial charge is 0.455 e. The van der Waals surface area contributed by atoms with E-state index in [1.165, 1.54) is 18.3 Å². The molecule has 1 aromatic heterocycles. The molecule has 1 aromatic carbocycles. The molecule has 2 N–H and O–H groups in total. The maximum atomic E-state index is 12.8. The van der Waals surface area contributed by atoms with Gasteiger partial charge in [-0.1, -0.05) is 6.07 Å². The molecule has 32 heavy (non-hydrogen) atoms. The average molecular weight is 453 g/mol. The highest BCUT2D eigenvalue weighted by Gasteiger charge is 2.31. The Balaban J connectivity index is 1.56. The number of amides is 1. The van der Waals surface area contributed by atoms with Crippen LogP contribution < -0.4 is 5.73 Å². The van der Waals surface area contributed by atoms with Gasteiger partial charge in [-0.15, -0.1) is 0 Å². The molecule has 0 unspecified atom stereocenters. The van der Waals surface area contributed by atoms with Crippen molar-refractivity contribution in [2.45, 2.75) is 39.1 Å². The molecule has 1 aliphatic heterocycles. The van der Waals surface area contributed by atoms with E-state index in [0.29, 0.717) is 38.3 Å². The van der Waals surface area contributed by atoms with E-state index in [0.717, 1.165) is 16.8 Å². The van der Waals surface area contributed by atoms with Gasteiger partial charge < -0.3 is 15.4 Å². The maximum absolute atomic E-state index is 12.8. The molecular weight excluding hydrogens is 427 g/mol. The molecule has 0 aliphatic carbocycles. The first-order chi connectivity index (χ1) is 14.8. The normalized spacial score (nSPS) is 15.6. The van der Waals surface area contributed by atoms with Crippen molar-refractivity contribution in [1.29, 1.82) is 0 Å². The molecule has 1 aliphatic rings. The highest BCUT2D eigenvalue weighted by atomic mass is 19.4. The number of rotatable bonds is 3. The molecule has 1 fully saturated rings. The zero-order valence-corrected chi connectivity index (χ0v) is 18.1. The molecule has 0 spiro atoms. The number of halogens is 3. The summed E-state index contributed by atoms with van der Waals surface area (Å²) in [6, 6.07) is 4.40. The van der Waals surface area contributed by atoms with Crippen molar-refractivity contribution in [3.05, 3.63) is 47.3 Å². The summed E-state index contributed by atoms with van der Waals surface area (Å²) in [5, 5.41) is 4.02. The average Bonchev–Trinajstić information content (AvgIpc) is 3.18. The van der Waals surface area contributed by atoms with Crippen LogP contribution in [0.3, 0.4) is 0 Å². The van der Waals surface area contributed by atoms with Crippen LogP contribution in [0.5, 0.6) is 0 Å². The predicted octanol–water partition coefficient (Wildman–Crippen LogP) is 3.23. The highest BCUT2D eigenvalue weighted by molar-refractivity contribution is 5.88. The van der Waals surface area contributed by atoms with E-state index >= 15 is 0 Å². The molecule has 0 atom stereocenters. The number of carbonyl (C=O) groups excluding carboxylic acids is 2. The Morgan fingerprint density at radius 3 is 2.31 bits per heavy atom. The Morgan fingerprint density at radius 1 is 1.09 bits per heavy atom. The van der Waals surface area contributed by atoms with Gasteiger partial charge in [0, 0.05) is 44.6 Å². The number of nitrogens with zero attached hydrogens (tertiary/aromatic N) is 4. The van der Waals surface area contributed by atoms with Gasteiger partial charge in [0.25, 0.3) is 0 Å². The first-order valence-electron chi connectivity index (χ1n) is 10.1. The van der Waals surface area contributed by atoms with Gasteiger partial charge in [-0.05, 0) is 44.5 Å². The minimum absolute atomic E-state index is 0.0460. The van der Waals surface area contributed by atoms with Crippen LogP contribution in [0.2, 0.25) is 0 Å². The Labute approximate surface area is 183 Å². The minimum atomic E-state index is -4.44. The number of piperazine rings is 1. The summed E-state index contributed by atoms with van der Waals surface area (Å²) < 4.78 is 44.7. The molecule has 174 valence electrons. The summed E-state index contributed by atoms with van der Waals surface area (Å²) >= 11 is 0. The molecule has 8 nitrogen and oxygen atoms in total. The third-order valence-corrected chi connectivity index (χ3v) is 4.90. The van der Waals surface area contributed by atoms with E-state index < -0.39 is 23.3 Å². The lowest BCUT2D eigenvalue weighted by Crippen LogP contribution is -2.49. The number of nitrogen functional groups attached to an aromatic ring is 1. The van der Waals surface area contributed by atoms with Crippen LogP contribution in [0, 0.1) is 0 Å². The van der Waals surface area contributed by atoms with Crippen LogP contribution in [-0.2, 0) is 17.5 Å². The molecule has 0 radical (unpaired) electrons. The summed E-state index contributed by atoms with van der Waals surface area (Å²) in [6.07, 6.45) is -3.02. The topological polar surface area (TPSA) is 93.7 Å². The van der Waals surface area contributed by atoms with Gasteiger partial charge >= 0.3 is 18.2 Å². The van der Waals surface area contributed by atoms with E-state index in [-0.39, 0.29) is 17.4 Å². The zero-order valence-electron chi connectivity index (χ0n) is 18.1. The van der Waals surface area contributed by atoms with Crippen molar-refractivity contribution in [3.63, 3.8) is 0 Å². The van der Waals surface area contributed by atoms with Gasteiger partial charge in [0.2, 0.25) is 0 Å². The SMILES string of the molecule is CC(C)(C)OC(=O)c1ccn(C(=O)N2CCN(Cc3ccc(C(F)(F)F)cc3N)CC2)n1. The van der Waals surface area contributed by atoms with Crippen LogP contribution in [0.15, 0.2) is 30.5 Å². The third-order valence-electron chi connectivity index (χ3n) is 4.90. The Morgan fingerprint density at radius 2 is 1.75 bits per heavy atom. The van der Waals surface area contributed by atoms with Gasteiger partial charge in [0.15, 0.2) is 5.69 Å². The standard InChI is InChI=1S/C21H26F3N5O3/c1-20(2,3)32-18(30)17-6-7-29(26-17)19(31)28-10-8-27(9-11-28)13-14-4-5-15(12-16(14)25)21(22,23)24/h4-7,12H,8-11,13,25H2,1-3H3. The predicted molar refractivity (Wildman–Crippen MR) is 111 cm³/mol. The number of hydrogen-bond donors (Lipinski definition) is 1. The van der Waals surface area contributed by atoms with Crippen molar-refractivity contribution >= 4 is 17.7 Å². The Kier molecular flexibility index (Phi) is 6.49. The number of benzene rings is 1. The van der Waals surface area contributed by atoms with Gasteiger partial charge in [-0.25, -0.2) is 9.59 Å². The van der Waals surface area contributed by atoms with Gasteiger partial charge in [0.1, 0.15) is 5.60 Å². The first kappa shape index (κ1) is 23.6. The van der Waals surface area contributed by atoms with Crippen molar-refractivity contribution in [2.75, 3.05) is 31.9 Å². The molecular formula is C21H26F3N5O3. The number of alkyl halides is 3. The smallest absolute Gasteiger partial charge is 0.416 e. The first-order valence-corrected chi connectivity index (χ1v) is 10.1. The van der Waals surface area contributed by atoms with E-state index in [2.05, 4.69) is 5.10 Å². The lowest BCUT2D eigenvalue weighted by Gasteiger charge is -2.34. The van der Waals surface area contributed by atoms with E-state index in [1.807, 2.05) is 4.90 Å². The number of ether oxygens (including phenoxy) is 1. The number of aromatic nitrogens is 2. The zero-order chi connectivity index (χ0) is 23.7. The van der Waals surface area contributed by atoms with Gasteiger partial charge in [-0.2, -0.15) is 23.0 Å². The highest BCUT2D eigenvalue weighted by Crippen LogP contribution is 2.31. The number of nitrogens with two attached hydrogens (primary N) is 1. The van der Waals surface area contributed by atoms with E-state index in [9.17, 15) is 22.8 Å². The lowest BCUT2D eigenvalue weighted by atomic mass is 10.1. The van der Waals surface area contributed by atoms with E-state index in [1.54, 1.807) is 25.7 Å². The lowest BCUT2D eigenvalue weighted by molar-refractivity contribution is -0.137. The summed E-state index contributed by atoms with van der Waals surface area (Å²) in [5.41, 5.74) is 5.10. The minimum Gasteiger partial charge on any atom is -0.455 e. The molecule has 0 bridgehead atoms. The van der Waals surface area contributed by atoms with Crippen molar-refractivity contribution in [1.82, 2.24) is 19.6 Å². The molecule has 2 aromatic rings. The second kappa shape index (κ2) is 8.81. The molecule has 1 saturated heterocycles. The van der Waals surface area contributed by atoms with Crippen LogP contribution in [0.1, 0.15) is 42.4 Å². The van der Waals surface area contributed by atoms with Gasteiger partial charge in [-0.3, -0.25) is 4.90 Å². The molecule has 2 heterocycles. The van der Waals surface area contributed by atoms with Crippen LogP contribution in [0.4, 0.5) is 23.7 Å². The van der Waals surface area contributed by atoms with Crippen LogP contribution in [0.25, 0.3) is 0 Å². The second-order valence-corrected chi connectivity index (χ2v) is 8.60. The van der Waals surface area contributed by atoms with Gasteiger partial charge in [0.05, 0.1) is 5.56 Å². The maximum Gasteiger partial charge on any atom is 0.416 e.